The minimum atomic E-state index is 1.16. The Morgan fingerprint density at radius 1 is 0.231 bits per heavy atom. The molecule has 9 rings (SSSR count). The van der Waals surface area contributed by atoms with Crippen molar-refractivity contribution in [3.63, 3.8) is 0 Å². The lowest BCUT2D eigenvalue weighted by atomic mass is 9.78. The SMILES string of the molecule is Cc1ccc(N(c2cc(C)cc(C)c2)c2ccc3cc4c(cc3c2)-c2cc3cc(N(c5ccc(C)cc5)c5cc(C)cc(C)c5)ccc3cc2-4)cc1. The first kappa shape index (κ1) is 31.8. The summed E-state index contributed by atoms with van der Waals surface area (Å²) in [6, 6.07) is 54.7. The molecular formula is C50H42N2. The molecule has 0 saturated heterocycles. The Morgan fingerprint density at radius 2 is 0.538 bits per heavy atom. The number of rotatable bonds is 6. The summed E-state index contributed by atoms with van der Waals surface area (Å²) in [5, 5.41) is 5.01. The van der Waals surface area contributed by atoms with E-state index in [1.165, 1.54) is 88.6 Å². The lowest BCUT2D eigenvalue weighted by Gasteiger charge is -2.29. The zero-order chi connectivity index (χ0) is 35.7. The molecule has 0 unspecified atom stereocenters. The Kier molecular flexibility index (Phi) is 7.52. The summed E-state index contributed by atoms with van der Waals surface area (Å²) in [4.78, 5) is 4.77. The highest BCUT2D eigenvalue weighted by Crippen LogP contribution is 2.51. The molecule has 252 valence electrons. The molecule has 0 spiro atoms. The largest absolute Gasteiger partial charge is 0.310 e. The summed E-state index contributed by atoms with van der Waals surface area (Å²) in [7, 11) is 0. The van der Waals surface area contributed by atoms with Gasteiger partial charge in [0.15, 0.2) is 0 Å². The highest BCUT2D eigenvalue weighted by Gasteiger charge is 2.25. The van der Waals surface area contributed by atoms with Gasteiger partial charge in [-0.3, -0.25) is 0 Å². The second kappa shape index (κ2) is 12.3. The minimum absolute atomic E-state index is 1.16. The summed E-state index contributed by atoms with van der Waals surface area (Å²) < 4.78 is 0. The molecule has 0 fully saturated rings. The van der Waals surface area contributed by atoms with E-state index in [9.17, 15) is 0 Å². The fourth-order valence-corrected chi connectivity index (χ4v) is 8.12. The van der Waals surface area contributed by atoms with E-state index in [1.54, 1.807) is 0 Å². The molecule has 0 amide bonds. The number of hydrogen-bond acceptors (Lipinski definition) is 2. The molecular weight excluding hydrogens is 629 g/mol. The van der Waals surface area contributed by atoms with Crippen molar-refractivity contribution in [3.05, 3.63) is 179 Å². The maximum atomic E-state index is 2.40. The second-order valence-corrected chi connectivity index (χ2v) is 14.9. The number of hydrogen-bond donors (Lipinski definition) is 0. The van der Waals surface area contributed by atoms with Gasteiger partial charge in [0, 0.05) is 34.1 Å². The summed E-state index contributed by atoms with van der Waals surface area (Å²) in [6.45, 7) is 13.0. The molecule has 1 aliphatic rings. The number of benzene rings is 8. The van der Waals surface area contributed by atoms with Crippen molar-refractivity contribution >= 4 is 55.7 Å². The van der Waals surface area contributed by atoms with Crippen LogP contribution in [0.4, 0.5) is 34.1 Å². The number of fused-ring (bicyclic) bond motifs is 6. The van der Waals surface area contributed by atoms with Gasteiger partial charge in [-0.25, -0.2) is 0 Å². The molecule has 0 radical (unpaired) electrons. The van der Waals surface area contributed by atoms with Crippen LogP contribution in [0.15, 0.2) is 146 Å². The Bertz CT molecular complexity index is 2450. The van der Waals surface area contributed by atoms with Crippen molar-refractivity contribution in [2.45, 2.75) is 41.5 Å². The van der Waals surface area contributed by atoms with E-state index in [1.807, 2.05) is 0 Å². The fraction of sp³-hybridized carbons (Fsp3) is 0.120. The summed E-state index contributed by atoms with van der Waals surface area (Å²) in [5.41, 5.74) is 19.9. The van der Waals surface area contributed by atoms with E-state index in [4.69, 9.17) is 0 Å². The van der Waals surface area contributed by atoms with Crippen LogP contribution in [0, 0.1) is 41.5 Å². The average Bonchev–Trinajstić information content (AvgIpc) is 3.11. The molecule has 2 heteroatoms. The van der Waals surface area contributed by atoms with Crippen LogP contribution >= 0.6 is 0 Å². The Balaban J connectivity index is 1.13. The van der Waals surface area contributed by atoms with E-state index in [0.717, 1.165) is 22.7 Å². The number of anilines is 6. The topological polar surface area (TPSA) is 6.48 Å². The standard InChI is InChI=1S/C50H42N2/c1-31-7-13-41(14-8-31)51(45-21-33(3)19-34(4)22-45)43-17-11-37-27-47-48-28-38-12-18-44(26-40(38)30-50(48)49(47)29-39(37)25-43)52(42-15-9-32(2)10-16-42)46-23-35(5)20-36(6)24-46/h7-30H,1-6H3. The summed E-state index contributed by atoms with van der Waals surface area (Å²) in [5.74, 6) is 0. The second-order valence-electron chi connectivity index (χ2n) is 14.9. The van der Waals surface area contributed by atoms with Gasteiger partial charge >= 0.3 is 0 Å². The van der Waals surface area contributed by atoms with Crippen LogP contribution in [0.1, 0.15) is 33.4 Å². The first-order valence-corrected chi connectivity index (χ1v) is 18.2. The molecule has 0 bridgehead atoms. The van der Waals surface area contributed by atoms with E-state index in [2.05, 4.69) is 197 Å². The van der Waals surface area contributed by atoms with Gasteiger partial charge in [0.05, 0.1) is 0 Å². The van der Waals surface area contributed by atoms with Gasteiger partial charge in [-0.1, -0.05) is 59.7 Å². The molecule has 0 saturated carbocycles. The molecule has 52 heavy (non-hydrogen) atoms. The van der Waals surface area contributed by atoms with E-state index >= 15 is 0 Å². The first-order chi connectivity index (χ1) is 25.2. The average molecular weight is 671 g/mol. The molecule has 0 aliphatic heterocycles. The molecule has 2 nitrogen and oxygen atoms in total. The van der Waals surface area contributed by atoms with Crippen molar-refractivity contribution in [3.8, 4) is 22.3 Å². The van der Waals surface area contributed by atoms with Gasteiger partial charge < -0.3 is 9.80 Å². The molecule has 0 atom stereocenters. The van der Waals surface area contributed by atoms with Crippen molar-refractivity contribution in [2.75, 3.05) is 9.80 Å². The maximum absolute atomic E-state index is 2.40. The van der Waals surface area contributed by atoms with E-state index < -0.39 is 0 Å². The van der Waals surface area contributed by atoms with Crippen LogP contribution in [-0.4, -0.2) is 0 Å². The van der Waals surface area contributed by atoms with Crippen LogP contribution in [0.2, 0.25) is 0 Å². The minimum Gasteiger partial charge on any atom is -0.310 e. The normalized spacial score (nSPS) is 11.7. The lowest BCUT2D eigenvalue weighted by molar-refractivity contribution is 1.25. The Hall–Kier alpha value is -6.12. The highest BCUT2D eigenvalue weighted by molar-refractivity contribution is 6.12. The quantitative estimate of drug-likeness (QED) is 0.174. The zero-order valence-electron chi connectivity index (χ0n) is 30.8. The third kappa shape index (κ3) is 5.61. The molecule has 0 heterocycles. The summed E-state index contributed by atoms with van der Waals surface area (Å²) in [6.07, 6.45) is 0. The molecule has 0 N–H and O–H groups in total. The number of aryl methyl sites for hydroxylation is 6. The third-order valence-corrected chi connectivity index (χ3v) is 10.5. The van der Waals surface area contributed by atoms with Gasteiger partial charge in [-0.15, -0.1) is 0 Å². The smallest absolute Gasteiger partial charge is 0.0468 e. The Labute approximate surface area is 307 Å². The van der Waals surface area contributed by atoms with E-state index in [0.29, 0.717) is 0 Å². The first-order valence-electron chi connectivity index (χ1n) is 18.2. The molecule has 1 aliphatic carbocycles. The summed E-state index contributed by atoms with van der Waals surface area (Å²) >= 11 is 0. The lowest BCUT2D eigenvalue weighted by Crippen LogP contribution is -2.10. The van der Waals surface area contributed by atoms with Crippen LogP contribution in [-0.2, 0) is 0 Å². The predicted octanol–water partition coefficient (Wildman–Crippen LogP) is 14.4. The third-order valence-electron chi connectivity index (χ3n) is 10.5. The van der Waals surface area contributed by atoms with Crippen LogP contribution in [0.3, 0.4) is 0 Å². The van der Waals surface area contributed by atoms with Gasteiger partial charge in [0.1, 0.15) is 0 Å². The molecule has 0 aromatic heterocycles. The van der Waals surface area contributed by atoms with Gasteiger partial charge in [-0.2, -0.15) is 0 Å². The van der Waals surface area contributed by atoms with Crippen LogP contribution < -0.4 is 9.80 Å². The molecule has 8 aromatic rings. The van der Waals surface area contributed by atoms with Gasteiger partial charge in [0.25, 0.3) is 0 Å². The fourth-order valence-electron chi connectivity index (χ4n) is 8.12. The zero-order valence-corrected chi connectivity index (χ0v) is 30.8. The number of nitrogens with zero attached hydrogens (tertiary/aromatic N) is 2. The van der Waals surface area contributed by atoms with Gasteiger partial charge in [0.2, 0.25) is 0 Å². The molecule has 8 aromatic carbocycles. The maximum Gasteiger partial charge on any atom is 0.0468 e. The van der Waals surface area contributed by atoms with E-state index in [-0.39, 0.29) is 0 Å². The monoisotopic (exact) mass is 670 g/mol. The highest BCUT2D eigenvalue weighted by atomic mass is 15.1. The van der Waals surface area contributed by atoms with Crippen LogP contribution in [0.25, 0.3) is 43.8 Å². The van der Waals surface area contributed by atoms with Crippen molar-refractivity contribution in [1.29, 1.82) is 0 Å². The van der Waals surface area contributed by atoms with Crippen molar-refractivity contribution in [2.24, 2.45) is 0 Å². The van der Waals surface area contributed by atoms with Crippen molar-refractivity contribution in [1.82, 2.24) is 0 Å². The predicted molar refractivity (Wildman–Crippen MR) is 224 cm³/mol. The Morgan fingerprint density at radius 3 is 0.885 bits per heavy atom. The van der Waals surface area contributed by atoms with Crippen molar-refractivity contribution < 1.29 is 0 Å². The van der Waals surface area contributed by atoms with Crippen LogP contribution in [0.5, 0.6) is 0 Å². The van der Waals surface area contributed by atoms with Gasteiger partial charge in [-0.05, 0) is 205 Å².